The molecule has 3 rings (SSSR count). The van der Waals surface area contributed by atoms with E-state index in [1.54, 1.807) is 6.07 Å². The number of carbonyl (C=O) groups excluding carboxylic acids is 1. The molecule has 0 heterocycles. The van der Waals surface area contributed by atoms with Crippen LogP contribution in [0.3, 0.4) is 0 Å². The van der Waals surface area contributed by atoms with Crippen molar-refractivity contribution in [2.75, 3.05) is 6.54 Å². The third-order valence-electron chi connectivity index (χ3n) is 6.66. The fourth-order valence-corrected chi connectivity index (χ4v) is 4.82. The third kappa shape index (κ3) is 6.39. The average molecular weight is 441 g/mol. The summed E-state index contributed by atoms with van der Waals surface area (Å²) < 4.78 is 13.6. The molecule has 1 amide bonds. The number of aliphatic hydroxyl groups excluding tert-OH is 1. The van der Waals surface area contributed by atoms with E-state index in [0.29, 0.717) is 18.9 Å². The minimum absolute atomic E-state index is 0.177. The lowest BCUT2D eigenvalue weighted by molar-refractivity contribution is -0.120. The summed E-state index contributed by atoms with van der Waals surface area (Å²) in [4.78, 5) is 11.8. The van der Waals surface area contributed by atoms with Crippen LogP contribution in [0.15, 0.2) is 48.5 Å². The molecule has 2 aromatic rings. The van der Waals surface area contributed by atoms with E-state index in [9.17, 15) is 14.3 Å². The zero-order valence-corrected chi connectivity index (χ0v) is 19.5. The van der Waals surface area contributed by atoms with E-state index < -0.39 is 12.1 Å². The lowest BCUT2D eigenvalue weighted by Crippen LogP contribution is -2.53. The first-order valence-electron chi connectivity index (χ1n) is 11.8. The predicted octanol–water partition coefficient (Wildman–Crippen LogP) is 4.81. The zero-order valence-electron chi connectivity index (χ0n) is 19.5. The summed E-state index contributed by atoms with van der Waals surface area (Å²) in [5, 5.41) is 17.6. The molecule has 3 N–H and O–H groups in total. The second-order valence-electron chi connectivity index (χ2n) is 9.51. The Bertz CT molecular complexity index is 893. The number of hydrogen-bond donors (Lipinski definition) is 3. The van der Waals surface area contributed by atoms with Crippen molar-refractivity contribution in [3.8, 4) is 0 Å². The summed E-state index contributed by atoms with van der Waals surface area (Å²) in [5.41, 5.74) is 3.16. The van der Waals surface area contributed by atoms with Crippen LogP contribution in [0.1, 0.15) is 75.5 Å². The number of aliphatic hydroxyl groups is 1. The van der Waals surface area contributed by atoms with Gasteiger partial charge in [-0.1, -0.05) is 69.5 Å². The molecule has 2 atom stereocenters. The first kappa shape index (κ1) is 24.4. The van der Waals surface area contributed by atoms with E-state index in [1.165, 1.54) is 36.6 Å². The molecule has 0 saturated heterocycles. The summed E-state index contributed by atoms with van der Waals surface area (Å²) in [6.07, 6.45) is 5.14. The number of benzene rings is 2. The number of amides is 1. The van der Waals surface area contributed by atoms with Gasteiger partial charge in [-0.05, 0) is 54.0 Å². The van der Waals surface area contributed by atoms with Crippen LogP contribution < -0.4 is 10.6 Å². The molecule has 0 aliphatic heterocycles. The van der Waals surface area contributed by atoms with Crippen LogP contribution in [0.2, 0.25) is 0 Å². The van der Waals surface area contributed by atoms with E-state index in [0.717, 1.165) is 31.2 Å². The molecular formula is C27H37FN2O2. The fourth-order valence-electron chi connectivity index (χ4n) is 4.82. The first-order chi connectivity index (χ1) is 15.3. The largest absolute Gasteiger partial charge is 0.390 e. The second-order valence-corrected chi connectivity index (χ2v) is 9.51. The fraction of sp³-hybridized carbons (Fsp3) is 0.519. The van der Waals surface area contributed by atoms with Crippen molar-refractivity contribution in [2.45, 2.75) is 82.9 Å². The van der Waals surface area contributed by atoms with Crippen LogP contribution in [-0.2, 0) is 16.8 Å². The second kappa shape index (κ2) is 11.1. The van der Waals surface area contributed by atoms with E-state index in [-0.39, 0.29) is 17.3 Å². The maximum absolute atomic E-state index is 13.6. The van der Waals surface area contributed by atoms with Gasteiger partial charge in [0.05, 0.1) is 12.1 Å². The lowest BCUT2D eigenvalue weighted by atomic mass is 9.75. The molecule has 2 aromatic carbocycles. The molecule has 0 bridgehead atoms. The van der Waals surface area contributed by atoms with Crippen LogP contribution >= 0.6 is 0 Å². The Balaban J connectivity index is 1.77. The number of rotatable bonds is 9. The molecule has 1 saturated carbocycles. The van der Waals surface area contributed by atoms with Crippen molar-refractivity contribution in [3.63, 3.8) is 0 Å². The summed E-state index contributed by atoms with van der Waals surface area (Å²) in [6.45, 7) is 6.20. The van der Waals surface area contributed by atoms with Gasteiger partial charge in [0.1, 0.15) is 5.82 Å². The van der Waals surface area contributed by atoms with Gasteiger partial charge in [0.15, 0.2) is 0 Å². The highest BCUT2D eigenvalue weighted by Gasteiger charge is 2.35. The SMILES string of the molecule is CC(=O)N[C@@H](Cc1cccc(F)c1)[C@@H](O)CNC1(c2cccc(C(C)C)c2)CCCCC1. The minimum Gasteiger partial charge on any atom is -0.390 e. The Labute approximate surface area is 191 Å². The highest BCUT2D eigenvalue weighted by molar-refractivity contribution is 5.73. The van der Waals surface area contributed by atoms with Gasteiger partial charge in [0.2, 0.25) is 5.91 Å². The first-order valence-corrected chi connectivity index (χ1v) is 11.8. The molecule has 1 aliphatic carbocycles. The Morgan fingerprint density at radius 2 is 1.81 bits per heavy atom. The van der Waals surface area contributed by atoms with Crippen molar-refractivity contribution < 1.29 is 14.3 Å². The lowest BCUT2D eigenvalue weighted by Gasteiger charge is -2.40. The molecule has 4 nitrogen and oxygen atoms in total. The quantitative estimate of drug-likeness (QED) is 0.525. The van der Waals surface area contributed by atoms with Gasteiger partial charge in [0.25, 0.3) is 0 Å². The van der Waals surface area contributed by atoms with Crippen LogP contribution in [0, 0.1) is 5.82 Å². The Morgan fingerprint density at radius 3 is 2.47 bits per heavy atom. The smallest absolute Gasteiger partial charge is 0.217 e. The molecule has 0 unspecified atom stereocenters. The Hall–Kier alpha value is -2.24. The average Bonchev–Trinajstić information content (AvgIpc) is 2.77. The molecule has 32 heavy (non-hydrogen) atoms. The van der Waals surface area contributed by atoms with Crippen LogP contribution in [0.4, 0.5) is 4.39 Å². The monoisotopic (exact) mass is 440 g/mol. The van der Waals surface area contributed by atoms with Crippen LogP contribution in [-0.4, -0.2) is 29.7 Å². The van der Waals surface area contributed by atoms with Gasteiger partial charge >= 0.3 is 0 Å². The Morgan fingerprint density at radius 1 is 1.09 bits per heavy atom. The maximum atomic E-state index is 13.6. The van der Waals surface area contributed by atoms with Gasteiger partial charge in [-0.25, -0.2) is 4.39 Å². The minimum atomic E-state index is -0.797. The van der Waals surface area contributed by atoms with E-state index >= 15 is 0 Å². The molecule has 1 aliphatic rings. The third-order valence-corrected chi connectivity index (χ3v) is 6.66. The molecule has 0 aromatic heterocycles. The summed E-state index contributed by atoms with van der Waals surface area (Å²) >= 11 is 0. The van der Waals surface area contributed by atoms with Crippen molar-refractivity contribution in [1.29, 1.82) is 0 Å². The van der Waals surface area contributed by atoms with Crippen LogP contribution in [0.5, 0.6) is 0 Å². The molecule has 5 heteroatoms. The number of carbonyl (C=O) groups is 1. The topological polar surface area (TPSA) is 61.4 Å². The summed E-state index contributed by atoms with van der Waals surface area (Å²) in [7, 11) is 0. The number of nitrogens with one attached hydrogen (secondary N) is 2. The summed E-state index contributed by atoms with van der Waals surface area (Å²) in [6, 6.07) is 14.6. The van der Waals surface area contributed by atoms with Gasteiger partial charge in [-0.3, -0.25) is 4.79 Å². The summed E-state index contributed by atoms with van der Waals surface area (Å²) in [5.74, 6) is -0.0676. The van der Waals surface area contributed by atoms with Crippen molar-refractivity contribution >= 4 is 5.91 Å². The van der Waals surface area contributed by atoms with Gasteiger partial charge < -0.3 is 15.7 Å². The van der Waals surface area contributed by atoms with Crippen molar-refractivity contribution in [2.24, 2.45) is 0 Å². The van der Waals surface area contributed by atoms with Crippen molar-refractivity contribution in [1.82, 2.24) is 10.6 Å². The predicted molar refractivity (Wildman–Crippen MR) is 127 cm³/mol. The van der Waals surface area contributed by atoms with E-state index in [4.69, 9.17) is 0 Å². The van der Waals surface area contributed by atoms with Crippen LogP contribution in [0.25, 0.3) is 0 Å². The molecule has 0 spiro atoms. The molecule has 174 valence electrons. The van der Waals surface area contributed by atoms with E-state index in [1.807, 2.05) is 6.07 Å². The zero-order chi connectivity index (χ0) is 23.1. The molecular weight excluding hydrogens is 403 g/mol. The maximum Gasteiger partial charge on any atom is 0.217 e. The van der Waals surface area contributed by atoms with E-state index in [2.05, 4.69) is 48.7 Å². The number of hydrogen-bond acceptors (Lipinski definition) is 3. The van der Waals surface area contributed by atoms with Gasteiger partial charge in [-0.2, -0.15) is 0 Å². The van der Waals surface area contributed by atoms with Gasteiger partial charge in [0, 0.05) is 19.0 Å². The normalized spacial score (nSPS) is 17.7. The molecule has 0 radical (unpaired) electrons. The highest BCUT2D eigenvalue weighted by atomic mass is 19.1. The number of halogens is 1. The standard InChI is InChI=1S/C27H37FN2O2/c1-19(2)22-10-8-11-23(17-22)27(13-5-4-6-14-27)29-18-26(32)25(30-20(3)31)16-21-9-7-12-24(28)15-21/h7-12,15,17,19,25-26,29,32H,4-6,13-14,16,18H2,1-3H3,(H,30,31)/t25-,26-/m0/s1. The van der Waals surface area contributed by atoms with Gasteiger partial charge in [-0.15, -0.1) is 0 Å². The highest BCUT2D eigenvalue weighted by Crippen LogP contribution is 2.38. The van der Waals surface area contributed by atoms with Crippen molar-refractivity contribution in [3.05, 3.63) is 71.0 Å². The Kier molecular flexibility index (Phi) is 8.44. The molecule has 1 fully saturated rings.